The average molecular weight is 1390 g/mol. The minimum atomic E-state index is -2.24. The van der Waals surface area contributed by atoms with Crippen LogP contribution in [-0.4, -0.2) is 225 Å². The number of aliphatic hydroxyl groups excluding tert-OH is 1. The number of rotatable bonds is 23. The number of hydrogen-bond donors (Lipinski definition) is 19. The van der Waals surface area contributed by atoms with Crippen LogP contribution >= 0.6 is 12.2 Å². The molecule has 1 fully saturated rings. The summed E-state index contributed by atoms with van der Waals surface area (Å²) in [7, 11) is 0. The Morgan fingerprint density at radius 3 is 1.79 bits per heavy atom. The first-order chi connectivity index (χ1) is 45.7. The number of cyclic esters (lactones) is 1. The van der Waals surface area contributed by atoms with E-state index in [4.69, 9.17) is 27.4 Å². The van der Waals surface area contributed by atoms with E-state index in [-0.39, 0.29) is 35.9 Å². The number of esters is 1. The highest BCUT2D eigenvalue weighted by Gasteiger charge is 2.40. The number of alkyl carbamates (subject to hydrolysis) is 1. The third-order valence-corrected chi connectivity index (χ3v) is 13.9. The number of hydrogen-bond acceptors (Lipinski definition) is 22. The van der Waals surface area contributed by atoms with Crippen molar-refractivity contribution in [3.8, 4) is 0 Å². The van der Waals surface area contributed by atoms with Crippen LogP contribution < -0.4 is 74.9 Å². The molecular formula is C58H76N14O24S. The lowest BCUT2D eigenvalue weighted by Gasteiger charge is -2.30. The number of nitrogens with two attached hydrogens (primary N) is 1. The maximum Gasteiger partial charge on any atom is 0.407 e. The summed E-state index contributed by atoms with van der Waals surface area (Å²) in [6.07, 6.45) is -7.84. The van der Waals surface area contributed by atoms with E-state index in [1.165, 1.54) is 30.3 Å². The van der Waals surface area contributed by atoms with Crippen molar-refractivity contribution in [3.05, 3.63) is 72.8 Å². The quantitative estimate of drug-likeness (QED) is 0.0123. The van der Waals surface area contributed by atoms with Gasteiger partial charge in [0.2, 0.25) is 59.1 Å². The van der Waals surface area contributed by atoms with Crippen molar-refractivity contribution in [1.29, 1.82) is 0 Å². The molecule has 0 aliphatic carbocycles. The topological polar surface area (TPSA) is 592 Å². The maximum absolute atomic E-state index is 14.6. The third kappa shape index (κ3) is 28.4. The Kier molecular flexibility index (Phi) is 32.9. The van der Waals surface area contributed by atoms with E-state index in [2.05, 4.69) is 59.7 Å². The maximum atomic E-state index is 14.6. The highest BCUT2D eigenvalue weighted by molar-refractivity contribution is 7.80. The second kappa shape index (κ2) is 40.0. The molecule has 2 aromatic carbocycles. The van der Waals surface area contributed by atoms with Gasteiger partial charge in [-0.05, 0) is 69.1 Å². The van der Waals surface area contributed by atoms with E-state index in [9.17, 15) is 107 Å². The van der Waals surface area contributed by atoms with Gasteiger partial charge in [0, 0.05) is 29.9 Å². The van der Waals surface area contributed by atoms with Crippen molar-refractivity contribution in [3.63, 3.8) is 0 Å². The van der Waals surface area contributed by atoms with Crippen molar-refractivity contribution in [2.45, 2.75) is 126 Å². The number of para-hydroxylation sites is 2. The molecule has 20 N–H and O–H groups in total. The molecule has 1 aliphatic rings. The minimum absolute atomic E-state index is 0.144. The molecule has 39 heteroatoms. The fourth-order valence-corrected chi connectivity index (χ4v) is 9.01. The summed E-state index contributed by atoms with van der Waals surface area (Å²) in [5.74, 6) is -24.3. The Balaban J connectivity index is 2.28. The van der Waals surface area contributed by atoms with Gasteiger partial charge in [0.1, 0.15) is 67.1 Å². The van der Waals surface area contributed by atoms with Gasteiger partial charge in [0.25, 0.3) is 0 Å². The number of carbonyl (C=O) groups is 17. The van der Waals surface area contributed by atoms with Crippen LogP contribution in [0.15, 0.2) is 67.3 Å². The molecule has 0 spiro atoms. The number of carbonyl (C=O) groups excluding carboxylic acids is 13. The number of carboxylic acids is 4. The molecule has 0 aromatic heterocycles. The van der Waals surface area contributed by atoms with Crippen molar-refractivity contribution in [1.82, 2.24) is 63.8 Å². The zero-order chi connectivity index (χ0) is 72.6. The molecule has 1 aliphatic heterocycles. The van der Waals surface area contributed by atoms with Gasteiger partial charge in [-0.25, -0.2) is 9.59 Å². The third-order valence-electron chi connectivity index (χ3n) is 13.7. The lowest BCUT2D eigenvalue weighted by molar-refractivity contribution is -0.156. The van der Waals surface area contributed by atoms with Gasteiger partial charge < -0.3 is 110 Å². The largest absolute Gasteiger partial charge is 0.481 e. The number of amides is 11. The number of aliphatic hydroxyl groups is 1. The number of anilines is 2. The van der Waals surface area contributed by atoms with Gasteiger partial charge in [-0.15, -0.1) is 0 Å². The fourth-order valence-electron chi connectivity index (χ4n) is 8.75. The molecule has 2 aromatic rings. The smallest absolute Gasteiger partial charge is 0.407 e. The highest BCUT2D eigenvalue weighted by Crippen LogP contribution is 2.18. The standard InChI is InChI=1S/C58H76N14O24S/c1-5-18-95-58(94)60-17-11-16-33-50(87)68-35(22-44(81)82)51(88)63-28(3)48(85)67-34(21-43(79)80)49(86)61-24-41(76)66-38(26-73)53(90)71-46(27(2)19-42(77)78)55(92)69-37(20-39(74)31-14-9-10-15-32(31)59)56(93)96-29(4)47(54(91)62-25-40(75)65-33)72-52(89)36(23-45(83)84)70-57(97)64-30-12-7-6-8-13-30/h5-10,12-15,27-29,33-38,46-47,73H,1,11,16-26,59H2,2-4H3,(H,60,94)(H,61,86)(H,62,91)(H,63,88)(H,65,75)(H,66,76)(H,67,85)(H,68,87)(H,69,92)(H,71,90)(H,72,89)(H,77,78)(H,79,80)(H,81,82)(H,83,84)(H2,64,70,97)/t27?,28-,29-,33+,34+,35+,36+,37+,38-,46+,47+/m1/s1. The zero-order valence-electron chi connectivity index (χ0n) is 52.3. The monoisotopic (exact) mass is 1380 g/mol. The predicted octanol–water partition coefficient (Wildman–Crippen LogP) is -5.51. The summed E-state index contributed by atoms with van der Waals surface area (Å²) >= 11 is 5.33. The summed E-state index contributed by atoms with van der Waals surface area (Å²) in [6, 6.07) is -4.91. The van der Waals surface area contributed by atoms with Crippen molar-refractivity contribution in [2.24, 2.45) is 5.92 Å². The van der Waals surface area contributed by atoms with E-state index in [0.29, 0.717) is 5.69 Å². The summed E-state index contributed by atoms with van der Waals surface area (Å²) in [4.78, 5) is 228. The van der Waals surface area contributed by atoms with Crippen molar-refractivity contribution in [2.75, 3.05) is 43.9 Å². The van der Waals surface area contributed by atoms with Gasteiger partial charge in [0.15, 0.2) is 10.9 Å². The number of nitrogen functional groups attached to an aromatic ring is 1. The van der Waals surface area contributed by atoms with Gasteiger partial charge in [0.05, 0.1) is 45.4 Å². The van der Waals surface area contributed by atoms with Gasteiger partial charge >= 0.3 is 35.9 Å². The molecular weight excluding hydrogens is 1310 g/mol. The summed E-state index contributed by atoms with van der Waals surface area (Å²) in [6.45, 7) is 2.42. The molecule has 11 amide bonds. The lowest BCUT2D eigenvalue weighted by atomic mass is 9.96. The average Bonchev–Trinajstić information content (AvgIpc) is 0.869. The van der Waals surface area contributed by atoms with Crippen LogP contribution in [0.1, 0.15) is 76.1 Å². The van der Waals surface area contributed by atoms with Crippen LogP contribution in [0.2, 0.25) is 0 Å². The van der Waals surface area contributed by atoms with Crippen LogP contribution in [0.5, 0.6) is 0 Å². The normalized spacial score (nSPS) is 22.1. The Bertz CT molecular complexity index is 3290. The first kappa shape index (κ1) is 79.9. The number of thiocarbonyl (C=S) groups is 1. The summed E-state index contributed by atoms with van der Waals surface area (Å²) in [5, 5.41) is 77.8. The molecule has 0 bridgehead atoms. The number of carboxylic acid groups (broad SMARTS) is 4. The number of nitrogens with one attached hydrogen (secondary N) is 13. The molecule has 528 valence electrons. The zero-order valence-corrected chi connectivity index (χ0v) is 53.1. The number of aliphatic carboxylic acids is 4. The lowest BCUT2D eigenvalue weighted by Crippen LogP contribution is -2.61. The van der Waals surface area contributed by atoms with Crippen molar-refractivity contribution < 1.29 is 117 Å². The van der Waals surface area contributed by atoms with Gasteiger partial charge in [-0.3, -0.25) is 71.9 Å². The predicted molar refractivity (Wildman–Crippen MR) is 336 cm³/mol. The molecule has 0 radical (unpaired) electrons. The second-order valence-electron chi connectivity index (χ2n) is 21.4. The van der Waals surface area contributed by atoms with Crippen LogP contribution in [0, 0.1) is 5.92 Å². The Hall–Kier alpha value is -11.4. The molecule has 11 atom stereocenters. The van der Waals surface area contributed by atoms with Crippen LogP contribution in [0.25, 0.3) is 0 Å². The Morgan fingerprint density at radius 1 is 0.660 bits per heavy atom. The van der Waals surface area contributed by atoms with Gasteiger partial charge in [-0.2, -0.15) is 0 Å². The van der Waals surface area contributed by atoms with Crippen LogP contribution in [0.3, 0.4) is 0 Å². The SMILES string of the molecule is C=CCOC(=O)NCCC[C@@H]1NC(=O)CNC(=O)[C@@H](NC(=O)[C@H](CC(=O)O)NC(=S)Nc2ccccc2)[C@@H](C)OC(=O)[C@H](CC(=O)c2ccccc2N)NC(=O)[C@H](C(C)CC(=O)O)NC(=O)[C@@H](CO)NC(=O)CNC(=O)[C@H](CC(=O)O)NC(=O)[C@@H](C)NC(=O)[C@H](CC(=O)O)NC1=O. The highest BCUT2D eigenvalue weighted by atomic mass is 32.1. The molecule has 0 saturated carbocycles. The summed E-state index contributed by atoms with van der Waals surface area (Å²) in [5.41, 5.74) is 6.05. The van der Waals surface area contributed by atoms with Crippen LogP contribution in [-0.2, 0) is 81.4 Å². The first-order valence-electron chi connectivity index (χ1n) is 29.4. The minimum Gasteiger partial charge on any atom is -0.481 e. The van der Waals surface area contributed by atoms with E-state index in [0.717, 1.165) is 20.8 Å². The molecule has 3 rings (SSSR count). The number of ketones is 1. The molecule has 1 heterocycles. The fraction of sp³-hybridized carbons (Fsp3) is 0.448. The van der Waals surface area contributed by atoms with Crippen molar-refractivity contribution >= 4 is 129 Å². The number of ether oxygens (including phenoxy) is 2. The summed E-state index contributed by atoms with van der Waals surface area (Å²) < 4.78 is 10.5. The Morgan fingerprint density at radius 2 is 1.21 bits per heavy atom. The molecule has 97 heavy (non-hydrogen) atoms. The van der Waals surface area contributed by atoms with E-state index >= 15 is 0 Å². The molecule has 1 saturated heterocycles. The van der Waals surface area contributed by atoms with E-state index in [1.807, 2.05) is 16.0 Å². The van der Waals surface area contributed by atoms with Crippen LogP contribution in [0.4, 0.5) is 16.2 Å². The molecule has 1 unspecified atom stereocenters. The molecule has 38 nitrogen and oxygen atoms in total. The second-order valence-corrected chi connectivity index (χ2v) is 21.9. The Labute approximate surface area is 556 Å². The number of Topliss-reactive ketones (excluding diaryl/α,β-unsaturated/α-hetero) is 1. The number of benzene rings is 2. The van der Waals surface area contributed by atoms with E-state index in [1.54, 1.807) is 30.3 Å². The van der Waals surface area contributed by atoms with Gasteiger partial charge in [-0.1, -0.05) is 49.9 Å². The van der Waals surface area contributed by atoms with E-state index < -0.39 is 225 Å². The first-order valence-corrected chi connectivity index (χ1v) is 29.8.